The van der Waals surface area contributed by atoms with Gasteiger partial charge in [-0.05, 0) is 36.8 Å². The second-order valence-corrected chi connectivity index (χ2v) is 4.79. The molecule has 0 fully saturated rings. The van der Waals surface area contributed by atoms with Crippen LogP contribution in [0, 0.1) is 18.6 Å². The lowest BCUT2D eigenvalue weighted by Crippen LogP contribution is -1.96. The predicted octanol–water partition coefficient (Wildman–Crippen LogP) is 4.54. The third-order valence-electron chi connectivity index (χ3n) is 3.07. The molecule has 0 N–H and O–H groups in total. The summed E-state index contributed by atoms with van der Waals surface area (Å²) in [6.45, 7) is 1.80. The molecule has 3 aromatic rings. The molecule has 0 atom stereocenters. The van der Waals surface area contributed by atoms with Crippen LogP contribution in [-0.2, 0) is 0 Å². The zero-order valence-corrected chi connectivity index (χ0v) is 11.2. The van der Waals surface area contributed by atoms with E-state index < -0.39 is 11.6 Å². The number of hydrogen-bond donors (Lipinski definition) is 0. The highest BCUT2D eigenvalue weighted by Gasteiger charge is 2.13. The van der Waals surface area contributed by atoms with Crippen molar-refractivity contribution in [3.8, 4) is 11.4 Å². The Labute approximate surface area is 119 Å². The van der Waals surface area contributed by atoms with E-state index in [0.717, 1.165) is 5.56 Å². The molecule has 0 spiro atoms. The molecule has 0 radical (unpaired) electrons. The van der Waals surface area contributed by atoms with Crippen molar-refractivity contribution in [2.24, 2.45) is 0 Å². The van der Waals surface area contributed by atoms with Crippen molar-refractivity contribution in [2.45, 2.75) is 6.92 Å². The average Bonchev–Trinajstić information content (AvgIpc) is 2.42. The minimum atomic E-state index is -0.484. The van der Waals surface area contributed by atoms with Gasteiger partial charge in [-0.25, -0.2) is 18.7 Å². The van der Waals surface area contributed by atoms with Crippen molar-refractivity contribution in [3.05, 3.63) is 58.7 Å². The van der Waals surface area contributed by atoms with E-state index in [-0.39, 0.29) is 16.5 Å². The minimum Gasteiger partial charge on any atom is -0.225 e. The second-order valence-electron chi connectivity index (χ2n) is 4.43. The van der Waals surface area contributed by atoms with Crippen molar-refractivity contribution >= 4 is 22.5 Å². The van der Waals surface area contributed by atoms with E-state index in [1.807, 2.05) is 0 Å². The lowest BCUT2D eigenvalue weighted by atomic mass is 10.1. The summed E-state index contributed by atoms with van der Waals surface area (Å²) in [5.41, 5.74) is 1.42. The van der Waals surface area contributed by atoms with Gasteiger partial charge in [0.2, 0.25) is 0 Å². The summed E-state index contributed by atoms with van der Waals surface area (Å²) in [5, 5.41) is 0.581. The van der Waals surface area contributed by atoms with Crippen molar-refractivity contribution < 1.29 is 8.78 Å². The van der Waals surface area contributed by atoms with Gasteiger partial charge in [-0.15, -0.1) is 0 Å². The fourth-order valence-corrected chi connectivity index (χ4v) is 2.27. The topological polar surface area (TPSA) is 25.8 Å². The number of fused-ring (bicyclic) bond motifs is 1. The molecule has 2 nitrogen and oxygen atoms in total. The van der Waals surface area contributed by atoms with Crippen molar-refractivity contribution in [1.29, 1.82) is 0 Å². The Morgan fingerprint density at radius 1 is 1.05 bits per heavy atom. The van der Waals surface area contributed by atoms with Crippen LogP contribution >= 0.6 is 11.6 Å². The van der Waals surface area contributed by atoms with Crippen molar-refractivity contribution in [1.82, 2.24) is 9.97 Å². The van der Waals surface area contributed by atoms with Crippen LogP contribution in [0.2, 0.25) is 5.15 Å². The van der Waals surface area contributed by atoms with Gasteiger partial charge in [0.05, 0.1) is 0 Å². The first-order valence-electron chi connectivity index (χ1n) is 5.94. The third kappa shape index (κ3) is 2.12. The van der Waals surface area contributed by atoms with Crippen molar-refractivity contribution in [2.75, 3.05) is 0 Å². The molecule has 0 aliphatic heterocycles. The Kier molecular flexibility index (Phi) is 3.10. The Balaban J connectivity index is 2.32. The molecule has 0 amide bonds. The largest absolute Gasteiger partial charge is 0.225 e. The molecular formula is C15H9ClF2N2. The molecule has 0 saturated carbocycles. The number of aromatic nitrogens is 2. The molecule has 0 saturated heterocycles. The van der Waals surface area contributed by atoms with Crippen LogP contribution in [0.15, 0.2) is 36.4 Å². The summed E-state index contributed by atoms with van der Waals surface area (Å²) in [6, 6.07) is 8.76. The molecule has 5 heteroatoms. The van der Waals surface area contributed by atoms with Crippen LogP contribution in [0.25, 0.3) is 22.3 Å². The van der Waals surface area contributed by atoms with E-state index in [9.17, 15) is 8.78 Å². The monoisotopic (exact) mass is 290 g/mol. The van der Waals surface area contributed by atoms with Crippen LogP contribution < -0.4 is 0 Å². The number of benzene rings is 2. The number of nitrogens with zero attached hydrogens (tertiary/aromatic N) is 2. The van der Waals surface area contributed by atoms with Gasteiger partial charge in [-0.3, -0.25) is 0 Å². The van der Waals surface area contributed by atoms with E-state index in [4.69, 9.17) is 11.6 Å². The molecule has 1 heterocycles. The first kappa shape index (κ1) is 12.9. The maximum Gasteiger partial charge on any atom is 0.161 e. The van der Waals surface area contributed by atoms with Gasteiger partial charge in [-0.2, -0.15) is 0 Å². The lowest BCUT2D eigenvalue weighted by Gasteiger charge is -2.07. The molecule has 0 bridgehead atoms. The predicted molar refractivity (Wildman–Crippen MR) is 74.6 cm³/mol. The molecule has 0 aliphatic rings. The van der Waals surface area contributed by atoms with Gasteiger partial charge in [0.25, 0.3) is 0 Å². The molecule has 20 heavy (non-hydrogen) atoms. The van der Waals surface area contributed by atoms with E-state index >= 15 is 0 Å². The zero-order chi connectivity index (χ0) is 14.3. The van der Waals surface area contributed by atoms with Gasteiger partial charge in [0.15, 0.2) is 5.82 Å². The van der Waals surface area contributed by atoms with Gasteiger partial charge in [0, 0.05) is 10.9 Å². The van der Waals surface area contributed by atoms with E-state index in [1.165, 1.54) is 18.2 Å². The van der Waals surface area contributed by atoms with Crippen LogP contribution in [0.4, 0.5) is 8.78 Å². The van der Waals surface area contributed by atoms with Crippen LogP contribution in [0.3, 0.4) is 0 Å². The van der Waals surface area contributed by atoms with Crippen LogP contribution in [0.1, 0.15) is 5.56 Å². The number of aryl methyl sites for hydroxylation is 1. The fraction of sp³-hybridized carbons (Fsp3) is 0.0667. The van der Waals surface area contributed by atoms with Crippen LogP contribution in [-0.4, -0.2) is 9.97 Å². The maximum atomic E-state index is 13.8. The summed E-state index contributed by atoms with van der Waals surface area (Å²) in [6.07, 6.45) is 0. The quantitative estimate of drug-likeness (QED) is 0.615. The molecular weight excluding hydrogens is 282 g/mol. The fourth-order valence-electron chi connectivity index (χ4n) is 2.04. The molecule has 2 aromatic carbocycles. The lowest BCUT2D eigenvalue weighted by molar-refractivity contribution is 0.627. The van der Waals surface area contributed by atoms with E-state index in [0.29, 0.717) is 10.9 Å². The van der Waals surface area contributed by atoms with Gasteiger partial charge < -0.3 is 0 Å². The minimum absolute atomic E-state index is 0.131. The Morgan fingerprint density at radius 2 is 1.85 bits per heavy atom. The highest BCUT2D eigenvalue weighted by molar-refractivity contribution is 6.34. The van der Waals surface area contributed by atoms with E-state index in [2.05, 4.69) is 9.97 Å². The average molecular weight is 291 g/mol. The van der Waals surface area contributed by atoms with Gasteiger partial charge in [0.1, 0.15) is 22.3 Å². The summed E-state index contributed by atoms with van der Waals surface area (Å²) in [4.78, 5) is 8.31. The summed E-state index contributed by atoms with van der Waals surface area (Å²) in [5.74, 6) is -0.675. The number of rotatable bonds is 1. The van der Waals surface area contributed by atoms with Crippen LogP contribution in [0.5, 0.6) is 0 Å². The number of halogens is 3. The Hall–Kier alpha value is -2.07. The smallest absolute Gasteiger partial charge is 0.161 e. The molecule has 3 rings (SSSR count). The number of hydrogen-bond acceptors (Lipinski definition) is 2. The summed E-state index contributed by atoms with van der Waals surface area (Å²) < 4.78 is 27.2. The summed E-state index contributed by atoms with van der Waals surface area (Å²) in [7, 11) is 0. The maximum absolute atomic E-state index is 13.8. The molecule has 0 unspecified atom stereocenters. The van der Waals surface area contributed by atoms with Gasteiger partial charge in [-0.1, -0.05) is 23.7 Å². The highest BCUT2D eigenvalue weighted by atomic mass is 35.5. The SMILES string of the molecule is Cc1ccc(F)cc1-c1nc(Cl)c2cccc(F)c2n1. The number of para-hydroxylation sites is 1. The molecule has 0 aliphatic carbocycles. The van der Waals surface area contributed by atoms with Gasteiger partial charge >= 0.3 is 0 Å². The van der Waals surface area contributed by atoms with Crippen molar-refractivity contribution in [3.63, 3.8) is 0 Å². The first-order valence-corrected chi connectivity index (χ1v) is 6.32. The Bertz CT molecular complexity index is 818. The second kappa shape index (κ2) is 4.80. The van der Waals surface area contributed by atoms with E-state index in [1.54, 1.807) is 25.1 Å². The molecule has 1 aromatic heterocycles. The standard InChI is InChI=1S/C15H9ClF2N2/c1-8-5-6-9(17)7-11(8)15-19-13-10(14(16)20-15)3-2-4-12(13)18/h2-7H,1H3. The third-order valence-corrected chi connectivity index (χ3v) is 3.36. The highest BCUT2D eigenvalue weighted by Crippen LogP contribution is 2.28. The zero-order valence-electron chi connectivity index (χ0n) is 10.5. The molecule has 100 valence electrons. The Morgan fingerprint density at radius 3 is 2.65 bits per heavy atom. The normalized spacial score (nSPS) is 11.0. The summed E-state index contributed by atoms with van der Waals surface area (Å²) >= 11 is 6.06. The first-order chi connectivity index (χ1) is 9.56.